The lowest BCUT2D eigenvalue weighted by Gasteiger charge is -2.13. The molecule has 2 heterocycles. The lowest BCUT2D eigenvalue weighted by Crippen LogP contribution is -2.31. The van der Waals surface area contributed by atoms with Gasteiger partial charge in [0.25, 0.3) is 0 Å². The number of aliphatic hydroxyl groups excluding tert-OH is 1. The molecule has 0 unspecified atom stereocenters. The van der Waals surface area contributed by atoms with Crippen molar-refractivity contribution in [3.63, 3.8) is 0 Å². The number of nitrogens with zero attached hydrogens (tertiary/aromatic N) is 3. The smallest absolute Gasteiger partial charge is 0.303 e. The van der Waals surface area contributed by atoms with Crippen molar-refractivity contribution in [2.75, 3.05) is 0 Å². The highest BCUT2D eigenvalue weighted by atomic mass is 16.4. The zero-order valence-corrected chi connectivity index (χ0v) is 12.6. The van der Waals surface area contributed by atoms with Gasteiger partial charge < -0.3 is 10.2 Å². The molecule has 0 radical (unpaired) electrons. The average molecular weight is 305 g/mol. The molecule has 0 fully saturated rings. The van der Waals surface area contributed by atoms with Gasteiger partial charge in [0, 0.05) is 18.4 Å². The van der Waals surface area contributed by atoms with Gasteiger partial charge in [0.1, 0.15) is 17.3 Å². The van der Waals surface area contributed by atoms with Crippen LogP contribution in [0.4, 0.5) is 0 Å². The summed E-state index contributed by atoms with van der Waals surface area (Å²) < 4.78 is 1.56. The van der Waals surface area contributed by atoms with Gasteiger partial charge in [-0.1, -0.05) is 13.8 Å². The van der Waals surface area contributed by atoms with E-state index in [0.29, 0.717) is 0 Å². The van der Waals surface area contributed by atoms with E-state index in [2.05, 4.69) is 10.1 Å². The van der Waals surface area contributed by atoms with Crippen molar-refractivity contribution in [1.29, 1.82) is 0 Å². The maximum absolute atomic E-state index is 12.4. The topological polar surface area (TPSA) is 105 Å². The molecule has 0 atom stereocenters. The van der Waals surface area contributed by atoms with Crippen molar-refractivity contribution in [3.8, 4) is 0 Å². The Morgan fingerprint density at radius 1 is 1.27 bits per heavy atom. The Morgan fingerprint density at radius 2 is 1.95 bits per heavy atom. The van der Waals surface area contributed by atoms with Gasteiger partial charge in [0.2, 0.25) is 0 Å². The summed E-state index contributed by atoms with van der Waals surface area (Å²) in [6, 6.07) is 1.46. The third-order valence-corrected chi connectivity index (χ3v) is 3.81. The summed E-state index contributed by atoms with van der Waals surface area (Å²) in [6.45, 7) is 4.07. The Labute approximate surface area is 126 Å². The first-order valence-electron chi connectivity index (χ1n) is 7.30. The van der Waals surface area contributed by atoms with Gasteiger partial charge in [-0.25, -0.2) is 9.50 Å². The van der Waals surface area contributed by atoms with Crippen LogP contribution in [-0.4, -0.2) is 30.8 Å². The van der Waals surface area contributed by atoms with Gasteiger partial charge in [-0.3, -0.25) is 9.59 Å². The lowest BCUT2D eigenvalue weighted by atomic mass is 9.98. The number of aliphatic carboxylic acids is 1. The molecule has 2 aromatic rings. The van der Waals surface area contributed by atoms with Crippen LogP contribution in [0.1, 0.15) is 51.1 Å². The van der Waals surface area contributed by atoms with Crippen LogP contribution < -0.4 is 10.6 Å². The molecule has 0 amide bonds. The fraction of sp³-hybridized carbons (Fsp3) is 0.467. The Hall–Kier alpha value is -2.44. The molecule has 2 rings (SSSR count). The number of pyridine rings is 1. The molecule has 0 saturated carbocycles. The van der Waals surface area contributed by atoms with Crippen molar-refractivity contribution >= 4 is 17.4 Å². The summed E-state index contributed by atoms with van der Waals surface area (Å²) >= 11 is 0. The molecular weight excluding hydrogens is 286 g/mol. The highest BCUT2D eigenvalue weighted by Gasteiger charge is 2.17. The zero-order chi connectivity index (χ0) is 16.3. The van der Waals surface area contributed by atoms with Crippen LogP contribution in [0.15, 0.2) is 17.2 Å². The van der Waals surface area contributed by atoms with E-state index in [1.54, 1.807) is 4.52 Å². The molecular formula is C15H19N3O4. The van der Waals surface area contributed by atoms with Crippen LogP contribution in [0.3, 0.4) is 0 Å². The van der Waals surface area contributed by atoms with Crippen LogP contribution in [0.2, 0.25) is 0 Å². The molecule has 0 saturated heterocycles. The minimum absolute atomic E-state index is 0.0356. The first-order chi connectivity index (χ1) is 10.5. The maximum Gasteiger partial charge on any atom is 0.303 e. The Morgan fingerprint density at radius 3 is 2.55 bits per heavy atom. The summed E-state index contributed by atoms with van der Waals surface area (Å²) in [5, 5.41) is 23.0. The van der Waals surface area contributed by atoms with E-state index in [0.717, 1.165) is 18.5 Å². The van der Waals surface area contributed by atoms with Gasteiger partial charge >= 0.3 is 5.97 Å². The summed E-state index contributed by atoms with van der Waals surface area (Å²) in [5.74, 6) is -1.13. The molecule has 118 valence electrons. The van der Waals surface area contributed by atoms with Crippen LogP contribution in [-0.2, 0) is 4.79 Å². The molecule has 7 nitrogen and oxygen atoms in total. The maximum atomic E-state index is 12.4. The van der Waals surface area contributed by atoms with Crippen molar-refractivity contribution < 1.29 is 15.0 Å². The lowest BCUT2D eigenvalue weighted by molar-refractivity contribution is -0.136. The molecule has 0 aliphatic carbocycles. The molecule has 0 aromatic carbocycles. The minimum atomic E-state index is -1.04. The van der Waals surface area contributed by atoms with E-state index in [4.69, 9.17) is 5.11 Å². The number of carboxylic acids is 1. The van der Waals surface area contributed by atoms with Crippen molar-refractivity contribution in [2.45, 2.75) is 45.4 Å². The first kappa shape index (κ1) is 15.9. The molecule has 0 bridgehead atoms. The van der Waals surface area contributed by atoms with E-state index in [-0.39, 0.29) is 40.8 Å². The number of carbonyl (C=O) groups is 1. The second kappa shape index (κ2) is 6.55. The number of hydrogen-bond acceptors (Lipinski definition) is 5. The molecule has 0 spiro atoms. The summed E-state index contributed by atoms with van der Waals surface area (Å²) in [6.07, 6.45) is 2.68. The second-order valence-electron chi connectivity index (χ2n) is 5.16. The van der Waals surface area contributed by atoms with Gasteiger partial charge in [-0.05, 0) is 12.8 Å². The van der Waals surface area contributed by atoms with Gasteiger partial charge in [0.05, 0.1) is 12.1 Å². The van der Waals surface area contributed by atoms with Crippen molar-refractivity contribution in [3.05, 3.63) is 33.5 Å². The minimum Gasteiger partial charge on any atom is -0.511 e. The van der Waals surface area contributed by atoms with Crippen molar-refractivity contribution in [2.24, 2.45) is 0 Å². The van der Waals surface area contributed by atoms with Crippen LogP contribution in [0.5, 0.6) is 0 Å². The fourth-order valence-electron chi connectivity index (χ4n) is 2.60. The summed E-state index contributed by atoms with van der Waals surface area (Å²) in [5.41, 5.74) is 0.680. The average Bonchev–Trinajstić information content (AvgIpc) is 2.95. The molecule has 22 heavy (non-hydrogen) atoms. The summed E-state index contributed by atoms with van der Waals surface area (Å²) in [4.78, 5) is 27.0. The van der Waals surface area contributed by atoms with Crippen LogP contribution >= 0.6 is 0 Å². The molecule has 7 heteroatoms. The quantitative estimate of drug-likeness (QED) is 0.832. The van der Waals surface area contributed by atoms with E-state index >= 15 is 0 Å². The number of rotatable bonds is 6. The molecule has 0 aliphatic heterocycles. The Kier molecular flexibility index (Phi) is 4.75. The Balaban J connectivity index is 2.69. The fourth-order valence-corrected chi connectivity index (χ4v) is 2.60. The standard InChI is InChI=1S/C15H19N3O4/c1-3-9(4-2)10-7-12(20)14(11(19)5-6-13(21)22)15-16-8-17-18(10)15/h7-9,19H,3-6H2,1-2H3,(H,21,22)/b14-11-. The molecule has 0 aliphatic rings. The number of carboxylic acid groups (broad SMARTS) is 1. The monoisotopic (exact) mass is 305 g/mol. The SMILES string of the molecule is CCC(CC)c1cc(=O)/c(=C(/O)CCC(=O)O)c2ncnn12. The number of aromatic nitrogens is 3. The Bertz CT molecular complexity index is 793. The molecule has 2 N–H and O–H groups in total. The number of fused-ring (bicyclic) bond motifs is 1. The predicted octanol–water partition coefficient (Wildman–Crippen LogP) is 1.24. The van der Waals surface area contributed by atoms with E-state index in [1.807, 2.05) is 13.8 Å². The third-order valence-electron chi connectivity index (χ3n) is 3.81. The number of aliphatic hydroxyl groups is 1. The largest absolute Gasteiger partial charge is 0.511 e. The summed E-state index contributed by atoms with van der Waals surface area (Å²) in [7, 11) is 0. The van der Waals surface area contributed by atoms with Crippen molar-refractivity contribution in [1.82, 2.24) is 14.6 Å². The highest BCUT2D eigenvalue weighted by molar-refractivity contribution is 5.68. The van der Waals surface area contributed by atoms with Gasteiger partial charge in [-0.15, -0.1) is 0 Å². The van der Waals surface area contributed by atoms with E-state index < -0.39 is 5.97 Å². The van der Waals surface area contributed by atoms with Gasteiger partial charge in [0.15, 0.2) is 11.1 Å². The zero-order valence-electron chi connectivity index (χ0n) is 12.6. The van der Waals surface area contributed by atoms with E-state index in [1.165, 1.54) is 12.4 Å². The third kappa shape index (κ3) is 2.93. The highest BCUT2D eigenvalue weighted by Crippen LogP contribution is 2.21. The second-order valence-corrected chi connectivity index (χ2v) is 5.16. The first-order valence-corrected chi connectivity index (χ1v) is 7.30. The predicted molar refractivity (Wildman–Crippen MR) is 80.7 cm³/mol. The van der Waals surface area contributed by atoms with Crippen LogP contribution in [0.25, 0.3) is 11.4 Å². The van der Waals surface area contributed by atoms with E-state index in [9.17, 15) is 14.7 Å². The normalized spacial score (nSPS) is 12.9. The molecule has 2 aromatic heterocycles. The van der Waals surface area contributed by atoms with Crippen LogP contribution in [0, 0.1) is 0 Å². The van der Waals surface area contributed by atoms with Gasteiger partial charge in [-0.2, -0.15) is 5.10 Å². The number of hydrogen-bond donors (Lipinski definition) is 2.